The number of hydrogen-bond acceptors (Lipinski definition) is 2. The summed E-state index contributed by atoms with van der Waals surface area (Å²) in [6.07, 6.45) is 10.9. The number of carbonyl (C=O) groups is 1. The van der Waals surface area contributed by atoms with E-state index in [9.17, 15) is 4.79 Å². The maximum Gasteiger partial charge on any atom is 0.348 e. The Kier molecular flexibility index (Phi) is 5.61. The summed E-state index contributed by atoms with van der Waals surface area (Å²) in [5.74, 6) is -0.214. The second-order valence-corrected chi connectivity index (χ2v) is 3.96. The summed E-state index contributed by atoms with van der Waals surface area (Å²) in [4.78, 5) is 11.0. The number of rotatable bonds is 7. The van der Waals surface area contributed by atoms with Crippen molar-refractivity contribution in [1.82, 2.24) is 4.57 Å². The van der Waals surface area contributed by atoms with Crippen LogP contribution in [0.2, 0.25) is 0 Å². The fraction of sp³-hybridized carbons (Fsp3) is 0.667. The molecule has 4 heteroatoms. The van der Waals surface area contributed by atoms with Crippen molar-refractivity contribution in [3.8, 4) is 0 Å². The zero-order chi connectivity index (χ0) is 11.8. The van der Waals surface area contributed by atoms with Crippen molar-refractivity contribution in [2.45, 2.75) is 45.7 Å². The molecule has 0 radical (unpaired) electrons. The molecule has 1 rings (SSSR count). The van der Waals surface area contributed by atoms with Crippen LogP contribution < -0.4 is 4.57 Å². The number of carbonyl (C=O) groups excluding carboxylic acids is 1. The number of methoxy groups -OCH3 is 1. The van der Waals surface area contributed by atoms with E-state index in [2.05, 4.69) is 16.2 Å². The molecule has 0 bridgehead atoms. The van der Waals surface area contributed by atoms with Crippen molar-refractivity contribution in [3.63, 3.8) is 0 Å². The van der Waals surface area contributed by atoms with E-state index in [1.807, 2.05) is 23.3 Å². The topological polar surface area (TPSA) is 35.1 Å². The first-order chi connectivity index (χ1) is 7.76. The maximum absolute atomic E-state index is 11.0. The third kappa shape index (κ3) is 4.47. The number of aryl methyl sites for hydroxylation is 1. The largest absolute Gasteiger partial charge is 0.466 e. The summed E-state index contributed by atoms with van der Waals surface area (Å²) in [5.41, 5.74) is 0. The zero-order valence-electron chi connectivity index (χ0n) is 10.2. The molecule has 0 fully saturated rings. The standard InChI is InChI=1S/C12H21N2O2/c1-3-4-5-6-7-13-8-9-14(11-13)10-12(15)16-2/h8-9,11H,3-7,10H2,1-2H3/q+1. The molecule has 1 aromatic rings. The average molecular weight is 225 g/mol. The minimum atomic E-state index is -0.214. The van der Waals surface area contributed by atoms with Gasteiger partial charge in [0.1, 0.15) is 12.4 Å². The minimum absolute atomic E-state index is 0.214. The van der Waals surface area contributed by atoms with Crippen LogP contribution in [0.5, 0.6) is 0 Å². The lowest BCUT2D eigenvalue weighted by Gasteiger charge is -1.96. The molecular weight excluding hydrogens is 204 g/mol. The predicted molar refractivity (Wildman–Crippen MR) is 60.8 cm³/mol. The molecule has 0 atom stereocenters. The lowest BCUT2D eigenvalue weighted by atomic mass is 10.2. The molecule has 0 aliphatic carbocycles. The van der Waals surface area contributed by atoms with E-state index in [1.165, 1.54) is 32.8 Å². The number of aromatic nitrogens is 2. The van der Waals surface area contributed by atoms with Gasteiger partial charge in [-0.25, -0.2) is 13.9 Å². The van der Waals surface area contributed by atoms with Crippen molar-refractivity contribution < 1.29 is 14.1 Å². The van der Waals surface area contributed by atoms with E-state index < -0.39 is 0 Å². The average Bonchev–Trinajstić information content (AvgIpc) is 2.72. The molecule has 0 N–H and O–H groups in total. The normalized spacial score (nSPS) is 10.4. The molecule has 0 unspecified atom stereocenters. The van der Waals surface area contributed by atoms with Crippen molar-refractivity contribution in [2.75, 3.05) is 7.11 Å². The summed E-state index contributed by atoms with van der Waals surface area (Å²) < 4.78 is 8.56. The van der Waals surface area contributed by atoms with Crippen molar-refractivity contribution in [3.05, 3.63) is 18.7 Å². The smallest absolute Gasteiger partial charge is 0.348 e. The summed E-state index contributed by atoms with van der Waals surface area (Å²) in [6, 6.07) is 0. The fourth-order valence-corrected chi connectivity index (χ4v) is 1.60. The Bertz CT molecular complexity index is 321. The molecule has 1 aromatic heterocycles. The maximum atomic E-state index is 11.0. The van der Waals surface area contributed by atoms with E-state index in [0.717, 1.165) is 6.54 Å². The Hall–Kier alpha value is -1.32. The first kappa shape index (κ1) is 12.7. The van der Waals surface area contributed by atoms with Crippen molar-refractivity contribution in [2.24, 2.45) is 0 Å². The molecule has 0 spiro atoms. The highest BCUT2D eigenvalue weighted by molar-refractivity contribution is 5.67. The molecule has 16 heavy (non-hydrogen) atoms. The molecule has 0 aliphatic rings. The molecule has 0 saturated carbocycles. The van der Waals surface area contributed by atoms with Crippen LogP contribution in [0.3, 0.4) is 0 Å². The number of esters is 1. The van der Waals surface area contributed by atoms with Crippen LogP contribution in [0.25, 0.3) is 0 Å². The second-order valence-electron chi connectivity index (χ2n) is 3.96. The second kappa shape index (κ2) is 7.04. The fourth-order valence-electron chi connectivity index (χ4n) is 1.60. The number of hydrogen-bond donors (Lipinski definition) is 0. The van der Waals surface area contributed by atoms with Gasteiger partial charge in [-0.05, 0) is 12.8 Å². The van der Waals surface area contributed by atoms with Crippen LogP contribution in [0, 0.1) is 0 Å². The first-order valence-corrected chi connectivity index (χ1v) is 5.88. The predicted octanol–water partition coefficient (Wildman–Crippen LogP) is 1.53. The van der Waals surface area contributed by atoms with Crippen molar-refractivity contribution >= 4 is 5.97 Å². The summed E-state index contributed by atoms with van der Waals surface area (Å²) in [7, 11) is 1.41. The molecule has 0 aromatic carbocycles. The van der Waals surface area contributed by atoms with Gasteiger partial charge in [0.15, 0.2) is 6.54 Å². The third-order valence-electron chi connectivity index (χ3n) is 2.56. The van der Waals surface area contributed by atoms with Gasteiger partial charge in [0, 0.05) is 0 Å². The van der Waals surface area contributed by atoms with Gasteiger partial charge in [0.25, 0.3) is 0 Å². The first-order valence-electron chi connectivity index (χ1n) is 5.88. The molecule has 1 heterocycles. The molecular formula is C12H21N2O2+. The Morgan fingerprint density at radius 1 is 1.38 bits per heavy atom. The Labute approximate surface area is 96.8 Å². The van der Waals surface area contributed by atoms with Gasteiger partial charge in [-0.2, -0.15) is 0 Å². The highest BCUT2D eigenvalue weighted by Crippen LogP contribution is 2.00. The number of ether oxygens (including phenoxy) is 1. The van der Waals surface area contributed by atoms with Crippen LogP contribution in [-0.2, 0) is 22.6 Å². The van der Waals surface area contributed by atoms with E-state index in [4.69, 9.17) is 0 Å². The number of unbranched alkanes of at least 4 members (excludes halogenated alkanes) is 3. The highest BCUT2D eigenvalue weighted by Gasteiger charge is 2.08. The van der Waals surface area contributed by atoms with Gasteiger partial charge in [-0.3, -0.25) is 0 Å². The van der Waals surface area contributed by atoms with Gasteiger partial charge in [-0.1, -0.05) is 19.8 Å². The lowest BCUT2D eigenvalue weighted by molar-refractivity contribution is -0.685. The Morgan fingerprint density at radius 3 is 2.88 bits per heavy atom. The van der Waals surface area contributed by atoms with Crippen LogP contribution in [0.15, 0.2) is 18.7 Å². The Morgan fingerprint density at radius 2 is 2.19 bits per heavy atom. The van der Waals surface area contributed by atoms with E-state index in [-0.39, 0.29) is 5.97 Å². The summed E-state index contributed by atoms with van der Waals surface area (Å²) >= 11 is 0. The lowest BCUT2D eigenvalue weighted by Crippen LogP contribution is -2.36. The highest BCUT2D eigenvalue weighted by atomic mass is 16.5. The van der Waals surface area contributed by atoms with E-state index in [1.54, 1.807) is 0 Å². The quantitative estimate of drug-likeness (QED) is 0.401. The molecule has 0 aliphatic heterocycles. The van der Waals surface area contributed by atoms with Gasteiger partial charge in [-0.15, -0.1) is 0 Å². The summed E-state index contributed by atoms with van der Waals surface area (Å²) in [6.45, 7) is 3.52. The third-order valence-corrected chi connectivity index (χ3v) is 2.56. The van der Waals surface area contributed by atoms with Crippen LogP contribution >= 0.6 is 0 Å². The monoisotopic (exact) mass is 225 g/mol. The molecule has 0 saturated heterocycles. The van der Waals surface area contributed by atoms with Gasteiger partial charge in [0.2, 0.25) is 6.33 Å². The van der Waals surface area contributed by atoms with Crippen molar-refractivity contribution in [1.29, 1.82) is 0 Å². The summed E-state index contributed by atoms with van der Waals surface area (Å²) in [5, 5.41) is 0. The Balaban J connectivity index is 2.30. The number of imidazole rings is 1. The zero-order valence-corrected chi connectivity index (χ0v) is 10.2. The van der Waals surface area contributed by atoms with Crippen LogP contribution in [0.1, 0.15) is 32.6 Å². The minimum Gasteiger partial charge on any atom is -0.466 e. The SMILES string of the molecule is CCCCCCn1cc[n+](CC(=O)OC)c1. The van der Waals surface area contributed by atoms with E-state index >= 15 is 0 Å². The van der Waals surface area contributed by atoms with Gasteiger partial charge < -0.3 is 4.74 Å². The molecule has 0 amide bonds. The molecule has 4 nitrogen and oxygen atoms in total. The van der Waals surface area contributed by atoms with Gasteiger partial charge in [0.05, 0.1) is 13.7 Å². The number of nitrogens with zero attached hydrogens (tertiary/aromatic N) is 2. The van der Waals surface area contributed by atoms with Crippen LogP contribution in [-0.4, -0.2) is 17.6 Å². The molecule has 90 valence electrons. The van der Waals surface area contributed by atoms with E-state index in [0.29, 0.717) is 6.54 Å². The van der Waals surface area contributed by atoms with Gasteiger partial charge >= 0.3 is 5.97 Å². The van der Waals surface area contributed by atoms with Crippen LogP contribution in [0.4, 0.5) is 0 Å².